The molecule has 1 aromatic heterocycles. The Labute approximate surface area is 124 Å². The van der Waals surface area contributed by atoms with Crippen molar-refractivity contribution in [3.05, 3.63) is 41.9 Å². The second kappa shape index (κ2) is 5.16. The van der Waals surface area contributed by atoms with Gasteiger partial charge in [-0.2, -0.15) is 8.42 Å². The Kier molecular flexibility index (Phi) is 3.46. The molecule has 2 heterocycles. The number of nitrogens with two attached hydrogens (primary N) is 1. The molecule has 1 atom stereocenters. The fourth-order valence-corrected chi connectivity index (χ4v) is 4.28. The number of nitrogens with one attached hydrogen (secondary N) is 1. The number of H-pyrrole nitrogens is 1. The van der Waals surface area contributed by atoms with Crippen molar-refractivity contribution in [1.29, 1.82) is 0 Å². The minimum absolute atomic E-state index is 0.128. The molecular weight excluding hydrogens is 288 g/mol. The van der Waals surface area contributed by atoms with Gasteiger partial charge >= 0.3 is 0 Å². The predicted octanol–water partition coefficient (Wildman–Crippen LogP) is 1.36. The molecule has 2 aromatic rings. The van der Waals surface area contributed by atoms with Crippen molar-refractivity contribution < 1.29 is 8.42 Å². The van der Waals surface area contributed by atoms with Gasteiger partial charge in [0, 0.05) is 12.5 Å². The van der Waals surface area contributed by atoms with Crippen LogP contribution in [0.2, 0.25) is 0 Å². The van der Waals surface area contributed by atoms with E-state index in [9.17, 15) is 8.42 Å². The van der Waals surface area contributed by atoms with E-state index < -0.39 is 10.0 Å². The highest BCUT2D eigenvalue weighted by Crippen LogP contribution is 2.40. The number of rotatable bonds is 4. The Hall–Kier alpha value is -1.86. The molecule has 0 bridgehead atoms. The zero-order chi connectivity index (χ0) is 15.0. The molecule has 0 saturated heterocycles. The van der Waals surface area contributed by atoms with Gasteiger partial charge in [0.25, 0.3) is 10.0 Å². The van der Waals surface area contributed by atoms with Crippen LogP contribution in [0.15, 0.2) is 35.5 Å². The molecular formula is C14H18N4O2S. The third kappa shape index (κ3) is 2.32. The number of aromatic amines is 1. The number of aromatic nitrogens is 2. The van der Waals surface area contributed by atoms with Crippen LogP contribution in [-0.4, -0.2) is 31.5 Å². The Morgan fingerprint density at radius 1 is 1.43 bits per heavy atom. The van der Waals surface area contributed by atoms with Crippen LogP contribution >= 0.6 is 0 Å². The van der Waals surface area contributed by atoms with E-state index in [1.165, 1.54) is 10.5 Å². The molecule has 0 spiro atoms. The van der Waals surface area contributed by atoms with Crippen molar-refractivity contribution in [2.45, 2.75) is 24.3 Å². The fraction of sp³-hybridized carbons (Fsp3) is 0.357. The number of para-hydroxylation sites is 1. The lowest BCUT2D eigenvalue weighted by molar-refractivity contribution is 0.583. The summed E-state index contributed by atoms with van der Waals surface area (Å²) in [5.74, 6) is 0.726. The van der Waals surface area contributed by atoms with E-state index >= 15 is 0 Å². The Bertz CT molecular complexity index is 754. The predicted molar refractivity (Wildman–Crippen MR) is 80.7 cm³/mol. The standard InChI is InChI=1S/C14H18N4O2S/c1-10-16-8-14(17-10)21(19,20)18-9-11(6-7-15)12-4-2-3-5-13(12)18/h2-5,8,11H,6-7,9,15H2,1H3,(H,16,17). The first kappa shape index (κ1) is 14.1. The van der Waals surface area contributed by atoms with Crippen molar-refractivity contribution in [1.82, 2.24) is 9.97 Å². The molecule has 0 saturated carbocycles. The molecule has 1 aromatic carbocycles. The van der Waals surface area contributed by atoms with Crippen LogP contribution in [0.5, 0.6) is 0 Å². The summed E-state index contributed by atoms with van der Waals surface area (Å²) < 4.78 is 27.0. The smallest absolute Gasteiger partial charge is 0.281 e. The molecule has 6 nitrogen and oxygen atoms in total. The number of hydrogen-bond donors (Lipinski definition) is 2. The first-order valence-corrected chi connectivity index (χ1v) is 8.31. The normalized spacial score (nSPS) is 18.0. The molecule has 0 aliphatic carbocycles. The summed E-state index contributed by atoms with van der Waals surface area (Å²) in [6.45, 7) is 2.70. The van der Waals surface area contributed by atoms with Gasteiger partial charge < -0.3 is 10.7 Å². The summed E-state index contributed by atoms with van der Waals surface area (Å²) in [5.41, 5.74) is 7.43. The third-order valence-corrected chi connectivity index (χ3v) is 5.48. The van der Waals surface area contributed by atoms with E-state index in [4.69, 9.17) is 5.73 Å². The Balaban J connectivity index is 2.04. The Morgan fingerprint density at radius 2 is 2.19 bits per heavy atom. The highest BCUT2D eigenvalue weighted by atomic mass is 32.2. The minimum atomic E-state index is -3.61. The molecule has 1 aliphatic rings. The van der Waals surface area contributed by atoms with Crippen LogP contribution in [-0.2, 0) is 10.0 Å². The van der Waals surface area contributed by atoms with Crippen LogP contribution in [0.3, 0.4) is 0 Å². The van der Waals surface area contributed by atoms with Gasteiger partial charge in [0.05, 0.1) is 11.9 Å². The topological polar surface area (TPSA) is 92.1 Å². The van der Waals surface area contributed by atoms with Gasteiger partial charge in [0.15, 0.2) is 5.03 Å². The summed E-state index contributed by atoms with van der Waals surface area (Å²) in [6.07, 6.45) is 2.13. The molecule has 7 heteroatoms. The first-order valence-electron chi connectivity index (χ1n) is 6.87. The van der Waals surface area contributed by atoms with Gasteiger partial charge in [-0.3, -0.25) is 4.31 Å². The maximum atomic E-state index is 12.8. The lowest BCUT2D eigenvalue weighted by Gasteiger charge is -2.18. The van der Waals surface area contributed by atoms with Gasteiger partial charge in [-0.05, 0) is 31.5 Å². The maximum Gasteiger partial charge on any atom is 0.281 e. The van der Waals surface area contributed by atoms with Crippen molar-refractivity contribution in [3.63, 3.8) is 0 Å². The number of sulfonamides is 1. The van der Waals surface area contributed by atoms with Crippen LogP contribution in [0.4, 0.5) is 5.69 Å². The van der Waals surface area contributed by atoms with Crippen LogP contribution in [0.1, 0.15) is 23.7 Å². The monoisotopic (exact) mass is 306 g/mol. The summed E-state index contributed by atoms with van der Waals surface area (Å²) >= 11 is 0. The van der Waals surface area contributed by atoms with E-state index in [0.29, 0.717) is 18.9 Å². The molecule has 3 rings (SSSR count). The quantitative estimate of drug-likeness (QED) is 0.892. The number of benzene rings is 1. The average Bonchev–Trinajstić information content (AvgIpc) is 3.05. The molecule has 21 heavy (non-hydrogen) atoms. The number of aryl methyl sites for hydroxylation is 1. The largest absolute Gasteiger partial charge is 0.332 e. The number of imidazole rings is 1. The number of anilines is 1. The second-order valence-electron chi connectivity index (χ2n) is 5.20. The van der Waals surface area contributed by atoms with Crippen LogP contribution < -0.4 is 10.0 Å². The van der Waals surface area contributed by atoms with E-state index in [-0.39, 0.29) is 10.9 Å². The fourth-order valence-electron chi connectivity index (χ4n) is 2.78. The number of nitrogens with zero attached hydrogens (tertiary/aromatic N) is 2. The summed E-state index contributed by atoms with van der Waals surface area (Å²) in [7, 11) is -3.61. The number of fused-ring (bicyclic) bond motifs is 1. The van der Waals surface area contributed by atoms with Gasteiger partial charge in [0.1, 0.15) is 5.82 Å². The molecule has 0 fully saturated rings. The zero-order valence-corrected chi connectivity index (χ0v) is 12.6. The van der Waals surface area contributed by atoms with Gasteiger partial charge in [-0.1, -0.05) is 18.2 Å². The minimum Gasteiger partial charge on any atom is -0.332 e. The highest BCUT2D eigenvalue weighted by molar-refractivity contribution is 7.92. The van der Waals surface area contributed by atoms with Gasteiger partial charge in [-0.25, -0.2) is 4.98 Å². The molecule has 3 N–H and O–H groups in total. The van der Waals surface area contributed by atoms with Gasteiger partial charge in [-0.15, -0.1) is 0 Å². The van der Waals surface area contributed by atoms with Crippen molar-refractivity contribution in [2.24, 2.45) is 5.73 Å². The van der Waals surface area contributed by atoms with E-state index in [1.807, 2.05) is 24.3 Å². The van der Waals surface area contributed by atoms with E-state index in [0.717, 1.165) is 17.7 Å². The number of hydrogen-bond acceptors (Lipinski definition) is 4. The van der Waals surface area contributed by atoms with E-state index in [2.05, 4.69) is 9.97 Å². The lowest BCUT2D eigenvalue weighted by Crippen LogP contribution is -2.30. The summed E-state index contributed by atoms with van der Waals surface area (Å²) in [6, 6.07) is 7.60. The van der Waals surface area contributed by atoms with Crippen LogP contribution in [0, 0.1) is 6.92 Å². The summed E-state index contributed by atoms with van der Waals surface area (Å²) in [5, 5.41) is 0.128. The molecule has 0 radical (unpaired) electrons. The maximum absolute atomic E-state index is 12.8. The summed E-state index contributed by atoms with van der Waals surface area (Å²) in [4.78, 5) is 6.79. The zero-order valence-electron chi connectivity index (χ0n) is 11.8. The highest BCUT2D eigenvalue weighted by Gasteiger charge is 2.36. The lowest BCUT2D eigenvalue weighted by atomic mass is 9.98. The third-order valence-electron chi connectivity index (χ3n) is 3.79. The Morgan fingerprint density at radius 3 is 2.86 bits per heavy atom. The van der Waals surface area contributed by atoms with Crippen molar-refractivity contribution in [3.8, 4) is 0 Å². The van der Waals surface area contributed by atoms with Crippen molar-refractivity contribution in [2.75, 3.05) is 17.4 Å². The van der Waals surface area contributed by atoms with Crippen LogP contribution in [0.25, 0.3) is 0 Å². The first-order chi connectivity index (χ1) is 10.0. The average molecular weight is 306 g/mol. The van der Waals surface area contributed by atoms with Gasteiger partial charge in [0.2, 0.25) is 0 Å². The molecule has 1 unspecified atom stereocenters. The second-order valence-corrected chi connectivity index (χ2v) is 7.03. The molecule has 112 valence electrons. The van der Waals surface area contributed by atoms with Crippen molar-refractivity contribution >= 4 is 15.7 Å². The molecule has 0 amide bonds. The SMILES string of the molecule is Cc1ncc(S(=O)(=O)N2CC(CCN)c3ccccc32)[nH]1. The van der Waals surface area contributed by atoms with E-state index in [1.54, 1.807) is 6.92 Å². The molecule has 1 aliphatic heterocycles.